The zero-order chi connectivity index (χ0) is 11.6. The summed E-state index contributed by atoms with van der Waals surface area (Å²) in [7, 11) is 0. The average molecular weight is 215 g/mol. The highest BCUT2D eigenvalue weighted by Gasteiger charge is 2.14. The summed E-state index contributed by atoms with van der Waals surface area (Å²) in [4.78, 5) is 11.3. The molecule has 0 saturated carbocycles. The molecule has 0 aromatic heterocycles. The minimum atomic E-state index is -1.34. The quantitative estimate of drug-likeness (QED) is 0.466. The Kier molecular flexibility index (Phi) is 3.14. The van der Waals surface area contributed by atoms with Crippen LogP contribution < -0.4 is 5.73 Å². The Hall–Kier alpha value is -1.78. The van der Waals surface area contributed by atoms with Crippen LogP contribution in [-0.4, -0.2) is 5.78 Å². The molecular weight excluding hydrogens is 207 g/mol. The summed E-state index contributed by atoms with van der Waals surface area (Å²) in [6.07, 6.45) is 0.940. The summed E-state index contributed by atoms with van der Waals surface area (Å²) >= 11 is 0. The van der Waals surface area contributed by atoms with Crippen molar-refractivity contribution in [3.05, 3.63) is 46.9 Å². The van der Waals surface area contributed by atoms with Crippen molar-refractivity contribution in [1.29, 1.82) is 0 Å². The van der Waals surface area contributed by atoms with E-state index >= 15 is 0 Å². The number of halogens is 3. The van der Waals surface area contributed by atoms with E-state index in [2.05, 4.69) is 0 Å². The summed E-state index contributed by atoms with van der Waals surface area (Å²) < 4.78 is 38.3. The number of carbonyl (C=O) groups excluding carboxylic acids is 1. The lowest BCUT2D eigenvalue weighted by Crippen LogP contribution is -2.04. The van der Waals surface area contributed by atoms with Gasteiger partial charge < -0.3 is 5.73 Å². The maximum Gasteiger partial charge on any atom is 0.190 e. The standard InChI is InChI=1S/C10H8F3NO/c1-5(14)2-10(15)6-3-8(12)9(13)4-7(6)11/h2-4H,14H2,1H3/b5-2-. The fourth-order valence-electron chi connectivity index (χ4n) is 0.996. The van der Waals surface area contributed by atoms with Crippen molar-refractivity contribution >= 4 is 5.78 Å². The van der Waals surface area contributed by atoms with E-state index in [1.165, 1.54) is 6.92 Å². The predicted molar refractivity (Wildman–Crippen MR) is 48.6 cm³/mol. The van der Waals surface area contributed by atoms with Gasteiger partial charge in [0, 0.05) is 17.8 Å². The van der Waals surface area contributed by atoms with Gasteiger partial charge in [-0.3, -0.25) is 4.79 Å². The van der Waals surface area contributed by atoms with Crippen molar-refractivity contribution in [3.8, 4) is 0 Å². The monoisotopic (exact) mass is 215 g/mol. The molecule has 0 amide bonds. The number of rotatable bonds is 2. The van der Waals surface area contributed by atoms with Gasteiger partial charge in [0.1, 0.15) is 5.82 Å². The molecule has 1 rings (SSSR count). The van der Waals surface area contributed by atoms with E-state index in [0.29, 0.717) is 12.1 Å². The van der Waals surface area contributed by atoms with Crippen molar-refractivity contribution in [2.24, 2.45) is 5.73 Å². The maximum absolute atomic E-state index is 13.0. The molecule has 2 N–H and O–H groups in total. The summed E-state index contributed by atoms with van der Waals surface area (Å²) in [6, 6.07) is 0.828. The molecule has 0 radical (unpaired) electrons. The molecule has 1 aromatic carbocycles. The highest BCUT2D eigenvalue weighted by Crippen LogP contribution is 2.14. The van der Waals surface area contributed by atoms with Crippen LogP contribution in [0.25, 0.3) is 0 Å². The molecule has 0 heterocycles. The third-order valence-electron chi connectivity index (χ3n) is 1.63. The van der Waals surface area contributed by atoms with E-state index in [9.17, 15) is 18.0 Å². The minimum Gasteiger partial charge on any atom is -0.402 e. The molecular formula is C10H8F3NO. The van der Waals surface area contributed by atoms with Gasteiger partial charge in [0.2, 0.25) is 0 Å². The molecule has 80 valence electrons. The Labute approximate surface area is 84.2 Å². The summed E-state index contributed by atoms with van der Waals surface area (Å²) in [5.41, 5.74) is 4.81. The van der Waals surface area contributed by atoms with E-state index < -0.39 is 28.8 Å². The Balaban J connectivity index is 3.21. The Morgan fingerprint density at radius 1 is 1.20 bits per heavy atom. The number of allylic oxidation sites excluding steroid dienone is 2. The average Bonchev–Trinajstić information content (AvgIpc) is 2.09. The molecule has 0 atom stereocenters. The Bertz CT molecular complexity index is 437. The van der Waals surface area contributed by atoms with Gasteiger partial charge in [-0.05, 0) is 13.0 Å². The van der Waals surface area contributed by atoms with Crippen molar-refractivity contribution in [3.63, 3.8) is 0 Å². The smallest absolute Gasteiger partial charge is 0.190 e. The van der Waals surface area contributed by atoms with E-state index in [4.69, 9.17) is 5.73 Å². The molecule has 0 aliphatic heterocycles. The first-order valence-corrected chi connectivity index (χ1v) is 4.04. The number of nitrogens with two attached hydrogens (primary N) is 1. The van der Waals surface area contributed by atoms with Gasteiger partial charge in [-0.1, -0.05) is 0 Å². The first-order valence-electron chi connectivity index (χ1n) is 4.04. The molecule has 0 fully saturated rings. The molecule has 0 bridgehead atoms. The van der Waals surface area contributed by atoms with E-state index in [-0.39, 0.29) is 5.70 Å². The molecule has 0 aliphatic rings. The van der Waals surface area contributed by atoms with Crippen molar-refractivity contribution in [1.82, 2.24) is 0 Å². The second-order valence-corrected chi connectivity index (χ2v) is 3.00. The van der Waals surface area contributed by atoms with Crippen molar-refractivity contribution < 1.29 is 18.0 Å². The number of benzene rings is 1. The lowest BCUT2D eigenvalue weighted by Gasteiger charge is -2.00. The van der Waals surface area contributed by atoms with Crippen LogP contribution in [0.2, 0.25) is 0 Å². The first-order chi connectivity index (χ1) is 6.91. The van der Waals surface area contributed by atoms with Crippen LogP contribution in [0.15, 0.2) is 23.9 Å². The van der Waals surface area contributed by atoms with Crippen LogP contribution in [0.1, 0.15) is 17.3 Å². The molecule has 5 heteroatoms. The SMILES string of the molecule is C/C(N)=C/C(=O)c1cc(F)c(F)cc1F. The van der Waals surface area contributed by atoms with Gasteiger partial charge >= 0.3 is 0 Å². The van der Waals surface area contributed by atoms with Crippen LogP contribution in [0.5, 0.6) is 0 Å². The predicted octanol–water partition coefficient (Wildman–Crippen LogP) is 2.15. The van der Waals surface area contributed by atoms with E-state index in [1.54, 1.807) is 0 Å². The zero-order valence-electron chi connectivity index (χ0n) is 7.85. The summed E-state index contributed by atoms with van der Waals surface area (Å²) in [5.74, 6) is -4.52. The number of hydrogen-bond acceptors (Lipinski definition) is 2. The molecule has 0 spiro atoms. The maximum atomic E-state index is 13.0. The topological polar surface area (TPSA) is 43.1 Å². The zero-order valence-corrected chi connectivity index (χ0v) is 7.85. The van der Waals surface area contributed by atoms with E-state index in [1.807, 2.05) is 0 Å². The third-order valence-corrected chi connectivity index (χ3v) is 1.63. The van der Waals surface area contributed by atoms with Gasteiger partial charge in [-0.15, -0.1) is 0 Å². The summed E-state index contributed by atoms with van der Waals surface area (Å²) in [6.45, 7) is 1.43. The van der Waals surface area contributed by atoms with Crippen molar-refractivity contribution in [2.45, 2.75) is 6.92 Å². The molecule has 2 nitrogen and oxygen atoms in total. The lowest BCUT2D eigenvalue weighted by atomic mass is 10.1. The van der Waals surface area contributed by atoms with Gasteiger partial charge in [0.05, 0.1) is 5.56 Å². The molecule has 0 unspecified atom stereocenters. The number of hydrogen-bond donors (Lipinski definition) is 1. The fourth-order valence-corrected chi connectivity index (χ4v) is 0.996. The second kappa shape index (κ2) is 4.16. The molecule has 0 saturated heterocycles. The molecule has 1 aromatic rings. The molecule has 0 aliphatic carbocycles. The van der Waals surface area contributed by atoms with Crippen LogP contribution in [0.4, 0.5) is 13.2 Å². The fraction of sp³-hybridized carbons (Fsp3) is 0.100. The second-order valence-electron chi connectivity index (χ2n) is 3.00. The van der Waals surface area contributed by atoms with Gasteiger partial charge in [0.25, 0.3) is 0 Å². The Morgan fingerprint density at radius 3 is 2.27 bits per heavy atom. The minimum absolute atomic E-state index is 0.157. The van der Waals surface area contributed by atoms with Crippen LogP contribution in [0, 0.1) is 17.5 Å². The summed E-state index contributed by atoms with van der Waals surface area (Å²) in [5, 5.41) is 0. The highest BCUT2D eigenvalue weighted by molar-refractivity contribution is 6.05. The number of carbonyl (C=O) groups is 1. The van der Waals surface area contributed by atoms with Crippen LogP contribution >= 0.6 is 0 Å². The third kappa shape index (κ3) is 2.59. The normalized spacial score (nSPS) is 11.6. The van der Waals surface area contributed by atoms with Crippen LogP contribution in [-0.2, 0) is 0 Å². The Morgan fingerprint density at radius 2 is 1.73 bits per heavy atom. The van der Waals surface area contributed by atoms with Gasteiger partial charge in [0.15, 0.2) is 17.4 Å². The van der Waals surface area contributed by atoms with Gasteiger partial charge in [-0.2, -0.15) is 0 Å². The first kappa shape index (κ1) is 11.3. The largest absolute Gasteiger partial charge is 0.402 e. The van der Waals surface area contributed by atoms with Gasteiger partial charge in [-0.25, -0.2) is 13.2 Å². The van der Waals surface area contributed by atoms with E-state index in [0.717, 1.165) is 6.08 Å². The van der Waals surface area contributed by atoms with Crippen LogP contribution in [0.3, 0.4) is 0 Å². The van der Waals surface area contributed by atoms with Crippen molar-refractivity contribution in [2.75, 3.05) is 0 Å². The lowest BCUT2D eigenvalue weighted by molar-refractivity contribution is 0.104. The number of ketones is 1. The molecule has 15 heavy (non-hydrogen) atoms. The highest BCUT2D eigenvalue weighted by atomic mass is 19.2.